The fraction of sp³-hybridized carbons (Fsp3) is 0.591. The standard InChI is InChI=1S/C22H28ClFN6O4S/c1-14(17-5-4-16(23)9-18(17)24)27-21(31)20-3-2-7-30(20)22(32)19-13-28(8-6-26-19)35(33,34)29-11-15(10-25)12-29/h4-5,9,14-15,19-20,26H,2-3,6-8,11-13H2,1H3,(H,27,31)/t14-,19+,20-/m1/s1. The van der Waals surface area contributed by atoms with Gasteiger partial charge in [-0.1, -0.05) is 17.7 Å². The lowest BCUT2D eigenvalue weighted by Gasteiger charge is -2.41. The lowest BCUT2D eigenvalue weighted by Crippen LogP contribution is -2.63. The summed E-state index contributed by atoms with van der Waals surface area (Å²) in [5.41, 5.74) is 0.290. The van der Waals surface area contributed by atoms with E-state index in [1.54, 1.807) is 13.0 Å². The highest BCUT2D eigenvalue weighted by Crippen LogP contribution is 2.25. The van der Waals surface area contributed by atoms with Crippen LogP contribution in [0.4, 0.5) is 4.39 Å². The number of hydrogen-bond donors (Lipinski definition) is 2. The maximum Gasteiger partial charge on any atom is 0.282 e. The Morgan fingerprint density at radius 2 is 2.00 bits per heavy atom. The SMILES string of the molecule is C[C@@H](NC(=O)[C@H]1CCCN1C(=O)[C@@H]1CN(S(=O)(=O)N2CC(C#N)C2)CCN1)c1ccc(Cl)cc1F. The van der Waals surface area contributed by atoms with E-state index in [0.717, 1.165) is 0 Å². The first-order valence-corrected chi connectivity index (χ1v) is 13.3. The van der Waals surface area contributed by atoms with Crippen LogP contribution in [0.3, 0.4) is 0 Å². The highest BCUT2D eigenvalue weighted by Gasteiger charge is 2.44. The third-order valence-electron chi connectivity index (χ3n) is 6.75. The second-order valence-electron chi connectivity index (χ2n) is 9.10. The quantitative estimate of drug-likeness (QED) is 0.560. The number of nitriles is 1. The van der Waals surface area contributed by atoms with Crippen molar-refractivity contribution >= 4 is 33.6 Å². The molecule has 2 N–H and O–H groups in total. The molecule has 10 nitrogen and oxygen atoms in total. The summed E-state index contributed by atoms with van der Waals surface area (Å²) in [4.78, 5) is 27.8. The highest BCUT2D eigenvalue weighted by atomic mass is 35.5. The molecule has 1 aromatic carbocycles. The molecule has 35 heavy (non-hydrogen) atoms. The Kier molecular flexibility index (Phi) is 7.63. The van der Waals surface area contributed by atoms with E-state index < -0.39 is 34.2 Å². The van der Waals surface area contributed by atoms with Gasteiger partial charge in [-0.25, -0.2) is 4.39 Å². The van der Waals surface area contributed by atoms with Crippen molar-refractivity contribution in [3.8, 4) is 6.07 Å². The predicted octanol–water partition coefficient (Wildman–Crippen LogP) is 0.621. The third kappa shape index (κ3) is 5.29. The van der Waals surface area contributed by atoms with Gasteiger partial charge in [0.05, 0.1) is 18.0 Å². The van der Waals surface area contributed by atoms with Crippen molar-refractivity contribution in [1.82, 2.24) is 24.1 Å². The summed E-state index contributed by atoms with van der Waals surface area (Å²) >= 11 is 5.81. The minimum Gasteiger partial charge on any atom is -0.348 e. The number of piperazine rings is 1. The van der Waals surface area contributed by atoms with Crippen molar-refractivity contribution in [2.24, 2.45) is 5.92 Å². The summed E-state index contributed by atoms with van der Waals surface area (Å²) in [7, 11) is -3.76. The van der Waals surface area contributed by atoms with Crippen molar-refractivity contribution in [3.63, 3.8) is 0 Å². The van der Waals surface area contributed by atoms with E-state index in [1.807, 2.05) is 0 Å². The van der Waals surface area contributed by atoms with Crippen molar-refractivity contribution in [1.29, 1.82) is 5.26 Å². The van der Waals surface area contributed by atoms with Gasteiger partial charge in [0.15, 0.2) is 0 Å². The van der Waals surface area contributed by atoms with Crippen molar-refractivity contribution in [3.05, 3.63) is 34.6 Å². The molecule has 3 fully saturated rings. The molecule has 190 valence electrons. The van der Waals surface area contributed by atoms with Crippen molar-refractivity contribution in [2.45, 2.75) is 37.9 Å². The van der Waals surface area contributed by atoms with E-state index in [0.29, 0.717) is 25.9 Å². The maximum atomic E-state index is 14.3. The minimum atomic E-state index is -3.76. The first-order chi connectivity index (χ1) is 16.6. The highest BCUT2D eigenvalue weighted by molar-refractivity contribution is 7.86. The molecule has 0 bridgehead atoms. The molecular weight excluding hydrogens is 499 g/mol. The Bertz CT molecular complexity index is 1140. The van der Waals surface area contributed by atoms with Crippen LogP contribution in [0.2, 0.25) is 5.02 Å². The molecule has 0 spiro atoms. The number of nitrogens with one attached hydrogen (secondary N) is 2. The third-order valence-corrected chi connectivity index (χ3v) is 8.92. The average molecular weight is 527 g/mol. The molecule has 0 aromatic heterocycles. The topological polar surface area (TPSA) is 126 Å². The number of carbonyl (C=O) groups is 2. The maximum absolute atomic E-state index is 14.3. The van der Waals surface area contributed by atoms with Gasteiger partial charge >= 0.3 is 0 Å². The first-order valence-electron chi connectivity index (χ1n) is 11.6. The van der Waals surface area contributed by atoms with Crippen LogP contribution in [0.1, 0.15) is 31.4 Å². The van der Waals surface area contributed by atoms with Crippen molar-refractivity contribution < 1.29 is 22.4 Å². The number of likely N-dealkylation sites (tertiary alicyclic amines) is 1. The van der Waals surface area contributed by atoms with Crippen LogP contribution >= 0.6 is 11.6 Å². The lowest BCUT2D eigenvalue weighted by molar-refractivity contribution is -0.140. The van der Waals surface area contributed by atoms with Crippen LogP contribution in [0.15, 0.2) is 18.2 Å². The molecule has 4 rings (SSSR count). The summed E-state index contributed by atoms with van der Waals surface area (Å²) in [5, 5.41) is 15.0. The molecule has 3 aliphatic heterocycles. The Hall–Kier alpha value is -2.30. The second-order valence-corrected chi connectivity index (χ2v) is 11.5. The summed E-state index contributed by atoms with van der Waals surface area (Å²) in [5.74, 6) is -1.56. The molecule has 1 aromatic rings. The fourth-order valence-corrected chi connectivity index (χ4v) is 6.59. The number of amides is 2. The van der Waals surface area contributed by atoms with E-state index in [4.69, 9.17) is 16.9 Å². The van der Waals surface area contributed by atoms with Gasteiger partial charge < -0.3 is 15.5 Å². The van der Waals surface area contributed by atoms with Gasteiger partial charge in [0, 0.05) is 49.9 Å². The van der Waals surface area contributed by atoms with Gasteiger partial charge in [0.1, 0.15) is 17.9 Å². The molecule has 0 saturated carbocycles. The number of rotatable bonds is 6. The molecule has 0 aliphatic carbocycles. The molecule has 3 saturated heterocycles. The van der Waals surface area contributed by atoms with E-state index in [2.05, 4.69) is 16.7 Å². The first kappa shape index (κ1) is 25.8. The number of nitrogens with zero attached hydrogens (tertiary/aromatic N) is 4. The minimum absolute atomic E-state index is 0.0495. The van der Waals surface area contributed by atoms with Gasteiger partial charge in [-0.05, 0) is 31.9 Å². The van der Waals surface area contributed by atoms with Gasteiger partial charge in [0.25, 0.3) is 10.2 Å². The van der Waals surface area contributed by atoms with Crippen LogP contribution in [-0.4, -0.2) is 85.1 Å². The molecular formula is C22H28ClFN6O4S. The Balaban J connectivity index is 1.39. The van der Waals surface area contributed by atoms with Crippen LogP contribution in [0.25, 0.3) is 0 Å². The zero-order valence-corrected chi connectivity index (χ0v) is 20.9. The van der Waals surface area contributed by atoms with Gasteiger partial charge in [-0.3, -0.25) is 9.59 Å². The Morgan fingerprint density at radius 1 is 1.26 bits per heavy atom. The Morgan fingerprint density at radius 3 is 2.69 bits per heavy atom. The van der Waals surface area contributed by atoms with E-state index in [-0.39, 0.29) is 54.5 Å². The van der Waals surface area contributed by atoms with Crippen molar-refractivity contribution in [2.75, 3.05) is 39.3 Å². The summed E-state index contributed by atoms with van der Waals surface area (Å²) in [6.07, 6.45) is 1.09. The number of benzene rings is 1. The molecule has 2 amide bonds. The Labute approximate surface area is 209 Å². The van der Waals surface area contributed by atoms with E-state index >= 15 is 0 Å². The number of carbonyl (C=O) groups excluding carboxylic acids is 2. The summed E-state index contributed by atoms with van der Waals surface area (Å²) in [6, 6.07) is 4.16. The monoisotopic (exact) mass is 526 g/mol. The number of halogens is 2. The van der Waals surface area contributed by atoms with E-state index in [1.165, 1.54) is 25.6 Å². The molecule has 13 heteroatoms. The van der Waals surface area contributed by atoms with Gasteiger partial charge in [0.2, 0.25) is 11.8 Å². The smallest absolute Gasteiger partial charge is 0.282 e. The van der Waals surface area contributed by atoms with Gasteiger partial charge in [-0.15, -0.1) is 0 Å². The molecule has 3 atom stereocenters. The molecule has 3 aliphatic rings. The normalized spacial score (nSPS) is 25.0. The molecule has 0 unspecified atom stereocenters. The lowest BCUT2D eigenvalue weighted by atomic mass is 10.1. The number of hydrogen-bond acceptors (Lipinski definition) is 6. The second kappa shape index (κ2) is 10.4. The van der Waals surface area contributed by atoms with Crippen LogP contribution in [0.5, 0.6) is 0 Å². The summed E-state index contributed by atoms with van der Waals surface area (Å²) in [6.45, 7) is 2.80. The summed E-state index contributed by atoms with van der Waals surface area (Å²) < 4.78 is 42.5. The zero-order chi connectivity index (χ0) is 25.3. The fourth-order valence-electron chi connectivity index (χ4n) is 4.71. The largest absolute Gasteiger partial charge is 0.348 e. The molecule has 3 heterocycles. The zero-order valence-electron chi connectivity index (χ0n) is 19.3. The average Bonchev–Trinajstić information content (AvgIpc) is 3.28. The van der Waals surface area contributed by atoms with Crippen LogP contribution in [0, 0.1) is 23.1 Å². The van der Waals surface area contributed by atoms with E-state index in [9.17, 15) is 22.4 Å². The van der Waals surface area contributed by atoms with Crippen LogP contribution in [-0.2, 0) is 19.8 Å². The predicted molar refractivity (Wildman–Crippen MR) is 126 cm³/mol. The molecule has 0 radical (unpaired) electrons. The van der Waals surface area contributed by atoms with Crippen LogP contribution < -0.4 is 10.6 Å². The van der Waals surface area contributed by atoms with Gasteiger partial charge in [-0.2, -0.15) is 22.3 Å².